The zero-order valence-electron chi connectivity index (χ0n) is 19.9. The summed E-state index contributed by atoms with van der Waals surface area (Å²) in [5.41, 5.74) is 0.900. The van der Waals surface area contributed by atoms with Crippen LogP contribution in [0.3, 0.4) is 0 Å². The minimum atomic E-state index is -3.92. The predicted molar refractivity (Wildman–Crippen MR) is 132 cm³/mol. The first kappa shape index (κ1) is 26.0. The molecule has 34 heavy (non-hydrogen) atoms. The van der Waals surface area contributed by atoms with E-state index in [1.807, 2.05) is 13.0 Å². The van der Waals surface area contributed by atoms with Crippen molar-refractivity contribution in [3.8, 4) is 0 Å². The van der Waals surface area contributed by atoms with Crippen LogP contribution in [0.2, 0.25) is 0 Å². The molecule has 1 unspecified atom stereocenters. The van der Waals surface area contributed by atoms with Crippen LogP contribution in [0.1, 0.15) is 46.0 Å². The van der Waals surface area contributed by atoms with E-state index in [9.17, 15) is 21.6 Å². The molecule has 1 amide bonds. The molecule has 3 rings (SSSR count). The molecule has 10 heteroatoms. The Morgan fingerprint density at radius 1 is 0.882 bits per heavy atom. The third kappa shape index (κ3) is 5.90. The number of benzene rings is 2. The number of anilines is 1. The average molecular weight is 506 g/mol. The highest BCUT2D eigenvalue weighted by atomic mass is 32.2. The third-order valence-electron chi connectivity index (χ3n) is 6.21. The largest absolute Gasteiger partial charge is 0.307 e. The molecule has 0 spiro atoms. The number of sulfone groups is 2. The second-order valence-electron chi connectivity index (χ2n) is 8.87. The summed E-state index contributed by atoms with van der Waals surface area (Å²) >= 11 is 0. The van der Waals surface area contributed by atoms with Gasteiger partial charge in [-0.1, -0.05) is 37.5 Å². The van der Waals surface area contributed by atoms with Crippen molar-refractivity contribution in [3.63, 3.8) is 0 Å². The predicted octanol–water partition coefficient (Wildman–Crippen LogP) is 5.23. The number of hydrogen-bond donors (Lipinski definition) is 0. The Labute approximate surface area is 201 Å². The van der Waals surface area contributed by atoms with Gasteiger partial charge in [-0.3, -0.25) is 4.79 Å². The summed E-state index contributed by atoms with van der Waals surface area (Å²) in [4.78, 5) is 13.7. The Hall–Kier alpha value is -2.59. The van der Waals surface area contributed by atoms with Gasteiger partial charge in [0.25, 0.3) is 0 Å². The van der Waals surface area contributed by atoms with Gasteiger partial charge in [-0.2, -0.15) is 0 Å². The van der Waals surface area contributed by atoms with Gasteiger partial charge in [0, 0.05) is 25.5 Å². The van der Waals surface area contributed by atoms with E-state index in [0.717, 1.165) is 38.2 Å². The lowest BCUT2D eigenvalue weighted by atomic mass is 9.83. The van der Waals surface area contributed by atoms with E-state index in [-0.39, 0.29) is 22.5 Å². The Morgan fingerprint density at radius 2 is 1.47 bits per heavy atom. The van der Waals surface area contributed by atoms with Gasteiger partial charge >= 0.3 is 0 Å². The third-order valence-corrected chi connectivity index (χ3v) is 8.65. The van der Waals surface area contributed by atoms with E-state index < -0.39 is 24.6 Å². The molecule has 0 aromatic heterocycles. The van der Waals surface area contributed by atoms with Crippen molar-refractivity contribution in [2.75, 3.05) is 17.4 Å². The number of nitrogens with zero attached hydrogens (tertiary/aromatic N) is 3. The average Bonchev–Trinajstić information content (AvgIpc) is 2.77. The first-order valence-corrected chi connectivity index (χ1v) is 15.0. The number of carbonyl (C=O) groups is 1. The lowest BCUT2D eigenvalue weighted by Crippen LogP contribution is -2.42. The Morgan fingerprint density at radius 3 is 2.06 bits per heavy atom. The molecule has 0 saturated heterocycles. The molecule has 0 aliphatic heterocycles. The van der Waals surface area contributed by atoms with E-state index in [2.05, 4.69) is 10.2 Å². The SMILES string of the molecule is CC(=O)N(c1ccccc1N=Nc1cccc(S(C)(=O)=O)c1S(C)(=O)=O)C(C)C1CCCCC1. The van der Waals surface area contributed by atoms with Crippen LogP contribution < -0.4 is 4.90 Å². The lowest BCUT2D eigenvalue weighted by molar-refractivity contribution is -0.117. The van der Waals surface area contributed by atoms with Crippen LogP contribution in [0.4, 0.5) is 17.1 Å². The van der Waals surface area contributed by atoms with Crippen molar-refractivity contribution in [1.29, 1.82) is 0 Å². The van der Waals surface area contributed by atoms with Gasteiger partial charge in [-0.25, -0.2) is 16.8 Å². The molecule has 0 bridgehead atoms. The number of amides is 1. The van der Waals surface area contributed by atoms with E-state index in [1.165, 1.54) is 31.5 Å². The lowest BCUT2D eigenvalue weighted by Gasteiger charge is -2.36. The van der Waals surface area contributed by atoms with Crippen molar-refractivity contribution >= 4 is 42.6 Å². The van der Waals surface area contributed by atoms with Crippen LogP contribution in [0.25, 0.3) is 0 Å². The van der Waals surface area contributed by atoms with Crippen LogP contribution in [-0.4, -0.2) is 41.3 Å². The molecule has 0 heterocycles. The van der Waals surface area contributed by atoms with Crippen molar-refractivity contribution in [1.82, 2.24) is 0 Å². The molecule has 1 aliphatic carbocycles. The molecule has 0 N–H and O–H groups in total. The maximum absolute atomic E-state index is 12.7. The summed E-state index contributed by atoms with van der Waals surface area (Å²) in [6, 6.07) is 11.1. The minimum Gasteiger partial charge on any atom is -0.307 e. The molecule has 184 valence electrons. The zero-order valence-corrected chi connectivity index (χ0v) is 21.6. The number of hydrogen-bond acceptors (Lipinski definition) is 7. The summed E-state index contributed by atoms with van der Waals surface area (Å²) in [7, 11) is -7.73. The summed E-state index contributed by atoms with van der Waals surface area (Å²) < 4.78 is 49.3. The van der Waals surface area contributed by atoms with Crippen LogP contribution in [0.5, 0.6) is 0 Å². The fraction of sp³-hybridized carbons (Fsp3) is 0.458. The van der Waals surface area contributed by atoms with E-state index in [4.69, 9.17) is 0 Å². The first-order valence-electron chi connectivity index (χ1n) is 11.2. The monoisotopic (exact) mass is 505 g/mol. The van der Waals surface area contributed by atoms with Crippen molar-refractivity contribution in [3.05, 3.63) is 42.5 Å². The van der Waals surface area contributed by atoms with Crippen LogP contribution in [-0.2, 0) is 24.5 Å². The molecule has 1 fully saturated rings. The molecule has 8 nitrogen and oxygen atoms in total. The second kappa shape index (κ2) is 10.4. The highest BCUT2D eigenvalue weighted by molar-refractivity contribution is 7.93. The number of azo groups is 1. The minimum absolute atomic E-state index is 0.0331. The quantitative estimate of drug-likeness (QED) is 0.478. The highest BCUT2D eigenvalue weighted by Gasteiger charge is 2.29. The van der Waals surface area contributed by atoms with Crippen molar-refractivity contribution in [2.45, 2.75) is 61.8 Å². The van der Waals surface area contributed by atoms with E-state index in [0.29, 0.717) is 17.3 Å². The summed E-state index contributed by atoms with van der Waals surface area (Å²) in [5, 5.41) is 8.41. The maximum Gasteiger partial charge on any atom is 0.224 e. The molecule has 1 atom stereocenters. The number of carbonyl (C=O) groups excluding carboxylic acids is 1. The van der Waals surface area contributed by atoms with Gasteiger partial charge in [0.15, 0.2) is 19.7 Å². The summed E-state index contributed by atoms with van der Waals surface area (Å²) in [6.45, 7) is 3.56. The van der Waals surface area contributed by atoms with Gasteiger partial charge in [-0.05, 0) is 49.9 Å². The highest BCUT2D eigenvalue weighted by Crippen LogP contribution is 2.37. The Balaban J connectivity index is 2.08. The molecular formula is C24H31N3O5S2. The molecule has 2 aromatic carbocycles. The fourth-order valence-corrected chi connectivity index (χ4v) is 7.21. The summed E-state index contributed by atoms with van der Waals surface area (Å²) in [5.74, 6) is 0.266. The van der Waals surface area contributed by atoms with Gasteiger partial charge in [-0.15, -0.1) is 10.2 Å². The molecule has 2 aromatic rings. The number of rotatable bonds is 7. The van der Waals surface area contributed by atoms with Gasteiger partial charge < -0.3 is 4.90 Å². The van der Waals surface area contributed by atoms with E-state index in [1.54, 1.807) is 23.1 Å². The van der Waals surface area contributed by atoms with Crippen molar-refractivity contribution in [2.24, 2.45) is 16.1 Å². The normalized spacial score (nSPS) is 16.5. The zero-order chi connectivity index (χ0) is 25.1. The fourth-order valence-electron chi connectivity index (χ4n) is 4.61. The Bertz CT molecular complexity index is 1300. The molecule has 1 saturated carbocycles. The number of para-hydroxylation sites is 1. The van der Waals surface area contributed by atoms with Crippen molar-refractivity contribution < 1.29 is 21.6 Å². The smallest absolute Gasteiger partial charge is 0.224 e. The summed E-state index contributed by atoms with van der Waals surface area (Å²) in [6.07, 6.45) is 7.51. The Kier molecular flexibility index (Phi) is 7.92. The second-order valence-corrected chi connectivity index (χ2v) is 12.8. The standard InChI is InChI=1S/C24H31N3O5S2/c1-17(19-11-6-5-7-12-19)27(18(2)28)22-15-9-8-13-20(22)25-26-21-14-10-16-23(33(3,29)30)24(21)34(4,31)32/h8-10,13-17,19H,5-7,11-12H2,1-4H3. The molecule has 1 aliphatic rings. The van der Waals surface area contributed by atoms with Crippen LogP contribution in [0.15, 0.2) is 62.5 Å². The molecule has 0 radical (unpaired) electrons. The van der Waals surface area contributed by atoms with Crippen LogP contribution >= 0.6 is 0 Å². The van der Waals surface area contributed by atoms with E-state index >= 15 is 0 Å². The first-order chi connectivity index (χ1) is 15.9. The van der Waals surface area contributed by atoms with Gasteiger partial charge in [0.2, 0.25) is 5.91 Å². The topological polar surface area (TPSA) is 113 Å². The van der Waals surface area contributed by atoms with Gasteiger partial charge in [0.05, 0.1) is 10.6 Å². The van der Waals surface area contributed by atoms with Gasteiger partial charge in [0.1, 0.15) is 16.3 Å². The van der Waals surface area contributed by atoms with Crippen LogP contribution in [0, 0.1) is 5.92 Å². The maximum atomic E-state index is 12.7. The molecular weight excluding hydrogens is 474 g/mol.